The van der Waals surface area contributed by atoms with Crippen molar-refractivity contribution in [3.05, 3.63) is 46.0 Å². The summed E-state index contributed by atoms with van der Waals surface area (Å²) in [6.45, 7) is -0.230. The summed E-state index contributed by atoms with van der Waals surface area (Å²) >= 11 is 7.15. The normalized spacial score (nSPS) is 31.2. The van der Waals surface area contributed by atoms with E-state index in [1.165, 1.54) is 22.7 Å². The number of aliphatic hydroxyl groups is 1. The average Bonchev–Trinajstić information content (AvgIpc) is 3.21. The number of nitrogens with zero attached hydrogens (tertiary/aromatic N) is 3. The molecule has 3 aromatic rings. The molecular weight excluding hydrogens is 459 g/mol. The fraction of sp³-hybridized carbons (Fsp3) is 0.312. The molecule has 11 nitrogen and oxygen atoms in total. The molecular formula is C16H14ClN4O7PS. The molecule has 0 radical (unpaired) electrons. The summed E-state index contributed by atoms with van der Waals surface area (Å²) in [5.74, 6) is 0. The van der Waals surface area contributed by atoms with Gasteiger partial charge in [0.2, 0.25) is 0 Å². The van der Waals surface area contributed by atoms with Gasteiger partial charge in [0.05, 0.1) is 12.9 Å². The summed E-state index contributed by atoms with van der Waals surface area (Å²) in [7, 11) is -4.28. The van der Waals surface area contributed by atoms with Crippen LogP contribution in [0.1, 0.15) is 6.23 Å². The minimum atomic E-state index is -4.28. The minimum Gasteiger partial charge on any atom is -0.386 e. The Kier molecular flexibility index (Phi) is 4.99. The molecule has 4 heterocycles. The Balaban J connectivity index is 1.59. The van der Waals surface area contributed by atoms with Gasteiger partial charge in [-0.05, 0) is 24.3 Å². The third-order valence-corrected chi connectivity index (χ3v) is 6.91. The number of nitrogens with one attached hydrogen (secondary N) is 1. The maximum absolute atomic E-state index is 12.3. The van der Waals surface area contributed by atoms with Crippen molar-refractivity contribution in [3.63, 3.8) is 0 Å². The van der Waals surface area contributed by atoms with Crippen molar-refractivity contribution in [2.75, 3.05) is 6.61 Å². The van der Waals surface area contributed by atoms with E-state index < -0.39 is 37.9 Å². The smallest absolute Gasteiger partial charge is 0.386 e. The fourth-order valence-corrected chi connectivity index (χ4v) is 5.36. The molecule has 3 N–H and O–H groups in total. The van der Waals surface area contributed by atoms with Crippen molar-refractivity contribution in [3.8, 4) is 0 Å². The highest BCUT2D eigenvalue weighted by Gasteiger charge is 2.53. The Morgan fingerprint density at radius 1 is 1.33 bits per heavy atom. The topological polar surface area (TPSA) is 149 Å². The number of H-pyrrole nitrogens is 1. The number of phosphoric ester groups is 1. The lowest BCUT2D eigenvalue weighted by Gasteiger charge is -2.27. The van der Waals surface area contributed by atoms with Crippen LogP contribution in [0.15, 0.2) is 45.4 Å². The van der Waals surface area contributed by atoms with Crippen molar-refractivity contribution in [2.24, 2.45) is 0 Å². The lowest BCUT2D eigenvalue weighted by Crippen LogP contribution is -2.39. The summed E-state index contributed by atoms with van der Waals surface area (Å²) in [6.07, 6.45) is -3.06. The third-order valence-electron chi connectivity index (χ3n) is 4.69. The van der Waals surface area contributed by atoms with Gasteiger partial charge in [0.1, 0.15) is 18.3 Å². The summed E-state index contributed by atoms with van der Waals surface area (Å²) in [5.41, 5.74) is -0.211. The molecule has 5 unspecified atom stereocenters. The molecule has 158 valence electrons. The van der Waals surface area contributed by atoms with Gasteiger partial charge in [-0.25, -0.2) is 14.5 Å². The molecule has 2 fully saturated rings. The van der Waals surface area contributed by atoms with Crippen molar-refractivity contribution >= 4 is 42.3 Å². The second-order valence-electron chi connectivity index (χ2n) is 6.61. The number of hydrogen-bond donors (Lipinski definition) is 3. The zero-order valence-corrected chi connectivity index (χ0v) is 17.4. The first-order valence-electron chi connectivity index (χ1n) is 8.71. The highest BCUT2D eigenvalue weighted by atomic mass is 35.5. The predicted octanol–water partition coefficient (Wildman–Crippen LogP) is 1.70. The molecule has 0 amide bonds. The van der Waals surface area contributed by atoms with Gasteiger partial charge in [0, 0.05) is 9.92 Å². The van der Waals surface area contributed by atoms with Crippen LogP contribution >= 0.6 is 31.2 Å². The van der Waals surface area contributed by atoms with Gasteiger partial charge in [0.15, 0.2) is 22.5 Å². The molecule has 30 heavy (non-hydrogen) atoms. The first kappa shape index (κ1) is 20.2. The summed E-state index contributed by atoms with van der Waals surface area (Å²) in [4.78, 5) is 33.6. The molecule has 2 aromatic heterocycles. The first-order valence-corrected chi connectivity index (χ1v) is 11.4. The van der Waals surface area contributed by atoms with E-state index in [0.717, 1.165) is 4.90 Å². The lowest BCUT2D eigenvalue weighted by atomic mass is 10.1. The van der Waals surface area contributed by atoms with E-state index in [1.54, 1.807) is 24.3 Å². The van der Waals surface area contributed by atoms with Crippen LogP contribution in [0.3, 0.4) is 0 Å². The van der Waals surface area contributed by atoms with Crippen LogP contribution in [0.5, 0.6) is 0 Å². The van der Waals surface area contributed by atoms with Crippen LogP contribution in [-0.2, 0) is 18.3 Å². The number of ether oxygens (including phenoxy) is 1. The zero-order valence-electron chi connectivity index (χ0n) is 14.9. The van der Waals surface area contributed by atoms with E-state index >= 15 is 0 Å². The van der Waals surface area contributed by atoms with Gasteiger partial charge in [0.25, 0.3) is 5.56 Å². The quantitative estimate of drug-likeness (QED) is 0.481. The van der Waals surface area contributed by atoms with Gasteiger partial charge >= 0.3 is 7.82 Å². The first-order chi connectivity index (χ1) is 14.3. The lowest BCUT2D eigenvalue weighted by molar-refractivity contribution is -0.0684. The molecule has 0 bridgehead atoms. The van der Waals surface area contributed by atoms with E-state index in [2.05, 4.69) is 15.0 Å². The van der Waals surface area contributed by atoms with Crippen LogP contribution in [-0.4, -0.2) is 54.4 Å². The number of hydrogen-bond acceptors (Lipinski definition) is 9. The molecule has 1 aromatic carbocycles. The Morgan fingerprint density at radius 3 is 2.87 bits per heavy atom. The molecule has 2 aliphatic heterocycles. The Bertz CT molecular complexity index is 1220. The number of imidazole rings is 1. The highest BCUT2D eigenvalue weighted by molar-refractivity contribution is 7.99. The van der Waals surface area contributed by atoms with Gasteiger partial charge in [-0.2, -0.15) is 0 Å². The van der Waals surface area contributed by atoms with Crippen molar-refractivity contribution in [1.29, 1.82) is 0 Å². The summed E-state index contributed by atoms with van der Waals surface area (Å²) in [5, 5.41) is 11.7. The Labute approximate surface area is 177 Å². The molecule has 0 saturated carbocycles. The van der Waals surface area contributed by atoms with Crippen LogP contribution in [0.25, 0.3) is 11.2 Å². The summed E-state index contributed by atoms with van der Waals surface area (Å²) < 4.78 is 28.9. The molecule has 14 heteroatoms. The fourth-order valence-electron chi connectivity index (χ4n) is 3.36. The zero-order chi connectivity index (χ0) is 21.0. The van der Waals surface area contributed by atoms with Gasteiger partial charge < -0.3 is 19.7 Å². The number of aromatic nitrogens is 4. The van der Waals surface area contributed by atoms with Crippen LogP contribution < -0.4 is 5.56 Å². The molecule has 5 atom stereocenters. The SMILES string of the molecule is O=c1[nH]cnc2c1nc(Sc1ccc(Cl)cc1)n2C1OC2COP(=O)(O)OC2C1O. The number of aliphatic hydroxyl groups excluding tert-OH is 1. The van der Waals surface area contributed by atoms with Gasteiger partial charge in [-0.1, -0.05) is 23.4 Å². The number of phosphoric acid groups is 1. The molecule has 0 spiro atoms. The number of rotatable bonds is 3. The van der Waals surface area contributed by atoms with Crippen LogP contribution in [0, 0.1) is 0 Å². The van der Waals surface area contributed by atoms with Crippen molar-refractivity contribution in [2.45, 2.75) is 34.6 Å². The number of aromatic amines is 1. The van der Waals surface area contributed by atoms with Gasteiger partial charge in [-0.15, -0.1) is 0 Å². The Hall–Kier alpha value is -1.76. The maximum Gasteiger partial charge on any atom is 0.472 e. The number of fused-ring (bicyclic) bond motifs is 2. The monoisotopic (exact) mass is 472 g/mol. The highest BCUT2D eigenvalue weighted by Crippen LogP contribution is 2.53. The largest absolute Gasteiger partial charge is 0.472 e. The van der Waals surface area contributed by atoms with E-state index in [4.69, 9.17) is 25.4 Å². The van der Waals surface area contributed by atoms with Crippen LogP contribution in [0.2, 0.25) is 5.02 Å². The van der Waals surface area contributed by atoms with E-state index in [9.17, 15) is 19.4 Å². The molecule has 2 aliphatic rings. The van der Waals surface area contributed by atoms with E-state index in [1.807, 2.05) is 0 Å². The predicted molar refractivity (Wildman–Crippen MR) is 104 cm³/mol. The second kappa shape index (κ2) is 7.43. The molecule has 0 aliphatic carbocycles. The van der Waals surface area contributed by atoms with E-state index in [0.29, 0.717) is 10.2 Å². The second-order valence-corrected chi connectivity index (χ2v) is 9.50. The minimum absolute atomic E-state index is 0.0598. The van der Waals surface area contributed by atoms with E-state index in [-0.39, 0.29) is 17.8 Å². The van der Waals surface area contributed by atoms with Gasteiger partial charge in [-0.3, -0.25) is 18.4 Å². The summed E-state index contributed by atoms with van der Waals surface area (Å²) in [6, 6.07) is 6.97. The van der Waals surface area contributed by atoms with Crippen molar-refractivity contribution < 1.29 is 28.3 Å². The maximum atomic E-state index is 12.3. The number of benzene rings is 1. The molecule has 5 rings (SSSR count). The van der Waals surface area contributed by atoms with Crippen LogP contribution in [0.4, 0.5) is 0 Å². The van der Waals surface area contributed by atoms with Crippen molar-refractivity contribution in [1.82, 2.24) is 19.5 Å². The average molecular weight is 473 g/mol. The number of halogens is 1. The molecule has 2 saturated heterocycles. The third kappa shape index (κ3) is 3.49. The Morgan fingerprint density at radius 2 is 2.10 bits per heavy atom. The standard InChI is InChI=1S/C16H14ClN4O7PS/c17-7-1-3-8(4-2-7)30-16-20-10-13(18-6-19-14(10)23)21(16)15-11(22)12-9(27-15)5-26-29(24,25)28-12/h1-4,6,9,11-12,15,22H,5H2,(H,24,25)(H,18,19,23).